The van der Waals surface area contributed by atoms with Crippen LogP contribution in [0.15, 0.2) is 11.8 Å². The predicted molar refractivity (Wildman–Crippen MR) is 124 cm³/mol. The second kappa shape index (κ2) is 7.90. The predicted octanol–water partition coefficient (Wildman–Crippen LogP) is 8.41. The number of aliphatic hydroxyl groups is 1. The van der Waals surface area contributed by atoms with Crippen molar-refractivity contribution in [3.05, 3.63) is 11.8 Å². The van der Waals surface area contributed by atoms with Crippen LogP contribution in [0, 0.1) is 58.2 Å². The summed E-state index contributed by atoms with van der Waals surface area (Å²) in [5.74, 6) is 7.45. The molecule has 0 radical (unpaired) electrons. The second-order valence-corrected chi connectivity index (χ2v) is 12.6. The minimum atomic E-state index is 0.0822. The van der Waals surface area contributed by atoms with Crippen molar-refractivity contribution in [2.24, 2.45) is 58.2 Å². The van der Waals surface area contributed by atoms with Gasteiger partial charge in [0.25, 0.3) is 0 Å². The van der Waals surface area contributed by atoms with E-state index in [1.54, 1.807) is 0 Å². The van der Waals surface area contributed by atoms with Crippen molar-refractivity contribution in [2.75, 3.05) is 0 Å². The van der Waals surface area contributed by atoms with E-state index in [0.717, 1.165) is 59.5 Å². The van der Waals surface area contributed by atoms with Gasteiger partial charge in [0.2, 0.25) is 0 Å². The van der Waals surface area contributed by atoms with Gasteiger partial charge < -0.3 is 5.11 Å². The van der Waals surface area contributed by atoms with Crippen LogP contribution in [-0.2, 0) is 0 Å². The Morgan fingerprint density at radius 3 is 2.41 bits per heavy atom. The van der Waals surface area contributed by atoms with Gasteiger partial charge in [-0.3, -0.25) is 0 Å². The Balaban J connectivity index is 1.50. The number of hydrogen-bond donors (Lipinski definition) is 1. The minimum Gasteiger partial charge on any atom is -0.512 e. The first-order valence-electron chi connectivity index (χ1n) is 13.1. The maximum absolute atomic E-state index is 11.0. The molecular weight excluding hydrogens is 352 g/mol. The monoisotopic (exact) mass is 400 g/mol. The molecule has 0 aromatic rings. The Hall–Kier alpha value is -0.460. The number of hydrogen-bond acceptors (Lipinski definition) is 1. The Kier molecular flexibility index (Phi) is 5.93. The molecule has 166 valence electrons. The normalized spacial score (nSPS) is 46.4. The highest BCUT2D eigenvalue weighted by atomic mass is 16.3. The molecule has 0 aliphatic heterocycles. The Morgan fingerprint density at radius 2 is 1.69 bits per heavy atom. The summed E-state index contributed by atoms with van der Waals surface area (Å²) in [6, 6.07) is 0. The largest absolute Gasteiger partial charge is 0.512 e. The molecule has 4 aliphatic rings. The fourth-order valence-corrected chi connectivity index (χ4v) is 8.95. The van der Waals surface area contributed by atoms with E-state index in [1.165, 1.54) is 57.8 Å². The van der Waals surface area contributed by atoms with Crippen molar-refractivity contribution < 1.29 is 5.11 Å². The quantitative estimate of drug-likeness (QED) is 0.491. The molecule has 9 atom stereocenters. The average Bonchev–Trinajstić information content (AvgIpc) is 3.04. The first kappa shape index (κ1) is 21.8. The first-order valence-corrected chi connectivity index (χ1v) is 13.1. The lowest BCUT2D eigenvalue weighted by atomic mass is 9.45. The summed E-state index contributed by atoms with van der Waals surface area (Å²) in [5, 5.41) is 11.0. The van der Waals surface area contributed by atoms with Crippen molar-refractivity contribution in [2.45, 2.75) is 106 Å². The number of fused-ring (bicyclic) bond motifs is 5. The van der Waals surface area contributed by atoms with E-state index >= 15 is 0 Å². The molecule has 3 saturated carbocycles. The molecule has 0 bridgehead atoms. The van der Waals surface area contributed by atoms with Crippen molar-refractivity contribution in [3.63, 3.8) is 0 Å². The summed E-state index contributed by atoms with van der Waals surface area (Å²) in [4.78, 5) is 0. The Morgan fingerprint density at radius 1 is 0.931 bits per heavy atom. The van der Waals surface area contributed by atoms with Crippen LogP contribution in [0.4, 0.5) is 0 Å². The summed E-state index contributed by atoms with van der Waals surface area (Å²) in [7, 11) is 0. The molecule has 4 aliphatic carbocycles. The van der Waals surface area contributed by atoms with E-state index in [1.807, 2.05) is 0 Å². The van der Waals surface area contributed by atoms with Gasteiger partial charge >= 0.3 is 0 Å². The molecule has 29 heavy (non-hydrogen) atoms. The van der Waals surface area contributed by atoms with Crippen LogP contribution in [0.25, 0.3) is 0 Å². The molecule has 4 rings (SSSR count). The Bertz CT molecular complexity index is 620. The van der Waals surface area contributed by atoms with Crippen molar-refractivity contribution >= 4 is 0 Å². The molecule has 1 N–H and O–H groups in total. The molecule has 1 heteroatoms. The van der Waals surface area contributed by atoms with Gasteiger partial charge in [-0.25, -0.2) is 0 Å². The smallest absolute Gasteiger partial charge is 0.0947 e. The van der Waals surface area contributed by atoms with Gasteiger partial charge in [-0.2, -0.15) is 0 Å². The van der Waals surface area contributed by atoms with Crippen LogP contribution in [0.2, 0.25) is 0 Å². The topological polar surface area (TPSA) is 20.2 Å². The highest BCUT2D eigenvalue weighted by molar-refractivity contribution is 5.19. The Labute approximate surface area is 181 Å². The van der Waals surface area contributed by atoms with Crippen molar-refractivity contribution in [3.8, 4) is 0 Å². The zero-order valence-electron chi connectivity index (χ0n) is 20.2. The SMILES string of the molecule is CC(C)[C@@H](C)CC[C@@H](C)[C@H]1CC[C@H]2[C@H]3CC[C@@H]4CCC=C(O)[C@]4(C)[C@H]3CC[C@]12C. The number of aliphatic hydroxyl groups excluding tert-OH is 1. The maximum Gasteiger partial charge on any atom is 0.0947 e. The van der Waals surface area contributed by atoms with Gasteiger partial charge in [-0.1, -0.05) is 54.4 Å². The summed E-state index contributed by atoms with van der Waals surface area (Å²) in [6.07, 6.45) is 15.9. The fourth-order valence-electron chi connectivity index (χ4n) is 8.95. The van der Waals surface area contributed by atoms with Gasteiger partial charge in [0.1, 0.15) is 0 Å². The number of allylic oxidation sites excluding steroid dienone is 2. The third-order valence-electron chi connectivity index (χ3n) is 11.3. The molecule has 0 heterocycles. The molecule has 1 nitrogen and oxygen atoms in total. The third-order valence-corrected chi connectivity index (χ3v) is 11.3. The minimum absolute atomic E-state index is 0.0822. The van der Waals surface area contributed by atoms with Crippen molar-refractivity contribution in [1.82, 2.24) is 0 Å². The summed E-state index contributed by atoms with van der Waals surface area (Å²) >= 11 is 0. The first-order chi connectivity index (χ1) is 13.7. The highest BCUT2D eigenvalue weighted by Crippen LogP contribution is 2.68. The molecular formula is C28H48O. The van der Waals surface area contributed by atoms with E-state index in [2.05, 4.69) is 47.6 Å². The average molecular weight is 401 g/mol. The summed E-state index contributed by atoms with van der Waals surface area (Å²) in [6.45, 7) is 14.9. The highest BCUT2D eigenvalue weighted by Gasteiger charge is 2.61. The van der Waals surface area contributed by atoms with Crippen molar-refractivity contribution in [1.29, 1.82) is 0 Å². The molecule has 0 aromatic carbocycles. The van der Waals surface area contributed by atoms with Gasteiger partial charge in [0, 0.05) is 5.41 Å². The molecule has 0 saturated heterocycles. The van der Waals surface area contributed by atoms with Crippen LogP contribution in [0.5, 0.6) is 0 Å². The van der Waals surface area contributed by atoms with E-state index in [0.29, 0.717) is 5.41 Å². The standard InChI is InChI=1S/C28H48O/c1-18(2)19(3)10-11-20(4)23-14-15-24-22-13-12-21-8-7-9-26(29)28(21,6)25(22)16-17-27(23,24)5/h9,18-25,29H,7-8,10-17H2,1-6H3/t19-,20+,21-,22+,23+,24-,25-,27+,28-/m0/s1. The summed E-state index contributed by atoms with van der Waals surface area (Å²) < 4.78 is 0. The molecule has 3 fully saturated rings. The molecule has 0 spiro atoms. The second-order valence-electron chi connectivity index (χ2n) is 12.6. The van der Waals surface area contributed by atoms with Gasteiger partial charge in [0.15, 0.2) is 0 Å². The number of rotatable bonds is 5. The third kappa shape index (κ3) is 3.41. The van der Waals surface area contributed by atoms with Gasteiger partial charge in [-0.15, -0.1) is 0 Å². The van der Waals surface area contributed by atoms with E-state index in [4.69, 9.17) is 0 Å². The van der Waals surface area contributed by atoms with Crippen LogP contribution in [0.3, 0.4) is 0 Å². The lowest BCUT2D eigenvalue weighted by Gasteiger charge is -2.60. The van der Waals surface area contributed by atoms with Crippen LogP contribution in [0.1, 0.15) is 106 Å². The van der Waals surface area contributed by atoms with Gasteiger partial charge in [0.05, 0.1) is 5.76 Å². The fraction of sp³-hybridized carbons (Fsp3) is 0.929. The van der Waals surface area contributed by atoms with E-state index < -0.39 is 0 Å². The van der Waals surface area contributed by atoms with E-state index in [-0.39, 0.29) is 5.41 Å². The maximum atomic E-state index is 11.0. The lowest BCUT2D eigenvalue weighted by molar-refractivity contribution is -0.102. The lowest BCUT2D eigenvalue weighted by Crippen LogP contribution is -2.53. The molecule has 0 aromatic heterocycles. The zero-order valence-corrected chi connectivity index (χ0v) is 20.2. The van der Waals surface area contributed by atoms with E-state index in [9.17, 15) is 5.11 Å². The molecule has 0 amide bonds. The summed E-state index contributed by atoms with van der Waals surface area (Å²) in [5.41, 5.74) is 0.637. The zero-order chi connectivity index (χ0) is 21.0. The molecule has 0 unspecified atom stereocenters. The van der Waals surface area contributed by atoms with Crippen LogP contribution < -0.4 is 0 Å². The van der Waals surface area contributed by atoms with Gasteiger partial charge in [-0.05, 0) is 110 Å². The van der Waals surface area contributed by atoms with Crippen LogP contribution >= 0.6 is 0 Å². The van der Waals surface area contributed by atoms with Crippen LogP contribution in [-0.4, -0.2) is 5.11 Å².